The van der Waals surface area contributed by atoms with E-state index in [4.69, 9.17) is 14.2 Å². The first-order valence-corrected chi connectivity index (χ1v) is 9.80. The molecule has 8 heteroatoms. The number of hydrogen-bond donors (Lipinski definition) is 1. The number of fused-ring (bicyclic) bond motifs is 1. The minimum Gasteiger partial charge on any atom is -0.474 e. The minimum atomic E-state index is -0.540. The van der Waals surface area contributed by atoms with Crippen LogP contribution in [0.5, 0.6) is 5.88 Å². The molecule has 1 N–H and O–H groups in total. The largest absolute Gasteiger partial charge is 0.474 e. The molecule has 1 aromatic heterocycles. The first-order valence-electron chi connectivity index (χ1n) is 9.00. The van der Waals surface area contributed by atoms with Crippen LogP contribution >= 0.6 is 15.9 Å². The van der Waals surface area contributed by atoms with Gasteiger partial charge in [-0.15, -0.1) is 0 Å². The topological polar surface area (TPSA) is 86.8 Å². The van der Waals surface area contributed by atoms with Gasteiger partial charge in [0, 0.05) is 6.20 Å². The van der Waals surface area contributed by atoms with Crippen LogP contribution in [0.4, 0.5) is 4.79 Å². The molecule has 148 valence electrons. The molecule has 7 nitrogen and oxygen atoms in total. The van der Waals surface area contributed by atoms with Crippen molar-refractivity contribution in [2.75, 3.05) is 13.7 Å². The summed E-state index contributed by atoms with van der Waals surface area (Å²) < 4.78 is 16.8. The number of rotatable bonds is 5. The fourth-order valence-corrected chi connectivity index (χ4v) is 3.77. The molecular formula is C19H25BrN2O5. The zero-order chi connectivity index (χ0) is 19.8. The molecule has 2 aliphatic carbocycles. The molecule has 2 aliphatic rings. The number of pyridine rings is 1. The number of nitrogens with zero attached hydrogens (tertiary/aromatic N) is 1. The maximum atomic E-state index is 12.0. The van der Waals surface area contributed by atoms with Gasteiger partial charge in [-0.3, -0.25) is 4.79 Å². The summed E-state index contributed by atoms with van der Waals surface area (Å²) in [6, 6.07) is 0. The van der Waals surface area contributed by atoms with E-state index in [1.807, 2.05) is 20.8 Å². The minimum absolute atomic E-state index is 0.179. The predicted molar refractivity (Wildman–Crippen MR) is 102 cm³/mol. The number of halogens is 1. The number of amides is 1. The van der Waals surface area contributed by atoms with Crippen LogP contribution in [-0.4, -0.2) is 41.9 Å². The summed E-state index contributed by atoms with van der Waals surface area (Å²) in [5, 5.41) is 2.91. The summed E-state index contributed by atoms with van der Waals surface area (Å²) in [5.74, 6) is 0.0811. The van der Waals surface area contributed by atoms with Crippen LogP contribution in [0, 0.1) is 5.92 Å². The number of esters is 1. The van der Waals surface area contributed by atoms with E-state index < -0.39 is 17.2 Å². The van der Waals surface area contributed by atoms with Gasteiger partial charge in [0.15, 0.2) is 0 Å². The number of aromatic nitrogens is 1. The number of ether oxygens (including phenoxy) is 3. The van der Waals surface area contributed by atoms with Gasteiger partial charge in [-0.25, -0.2) is 9.78 Å². The average molecular weight is 441 g/mol. The van der Waals surface area contributed by atoms with Gasteiger partial charge < -0.3 is 19.5 Å². The third kappa shape index (κ3) is 4.72. The molecule has 1 amide bonds. The lowest BCUT2D eigenvalue weighted by Crippen LogP contribution is -2.44. The Labute approximate surface area is 167 Å². The molecule has 0 bridgehead atoms. The third-order valence-corrected chi connectivity index (χ3v) is 5.55. The lowest BCUT2D eigenvalue weighted by molar-refractivity contribution is -0.145. The lowest BCUT2D eigenvalue weighted by atomic mass is 10.1. The smallest absolute Gasteiger partial charge is 0.408 e. The highest BCUT2D eigenvalue weighted by molar-refractivity contribution is 9.10. The summed E-state index contributed by atoms with van der Waals surface area (Å²) in [6.07, 6.45) is 4.20. The van der Waals surface area contributed by atoms with Crippen LogP contribution in [0.3, 0.4) is 0 Å². The Morgan fingerprint density at radius 2 is 2.04 bits per heavy atom. The summed E-state index contributed by atoms with van der Waals surface area (Å²) in [6.45, 7) is 5.80. The molecule has 0 aliphatic heterocycles. The highest BCUT2D eigenvalue weighted by Crippen LogP contribution is 2.40. The third-order valence-electron chi connectivity index (χ3n) is 4.73. The first-order chi connectivity index (χ1) is 12.6. The molecule has 1 atom stereocenters. The second kappa shape index (κ2) is 7.30. The molecule has 0 radical (unpaired) electrons. The predicted octanol–water partition coefficient (Wildman–Crippen LogP) is 3.17. The Morgan fingerprint density at radius 1 is 1.33 bits per heavy atom. The van der Waals surface area contributed by atoms with Crippen molar-refractivity contribution in [3.05, 3.63) is 21.8 Å². The standard InChI is InChI=1S/C19H25BrN2O5/c1-18(2,3)27-17(24)22-19(5-6-19)10-26-15-14(20)13-8-11(16(23)25-4)7-12(13)9-21-15/h9,11H,5-8,10H2,1-4H3,(H,22,24). The van der Waals surface area contributed by atoms with Crippen LogP contribution in [0.15, 0.2) is 10.7 Å². The molecule has 1 saturated carbocycles. The molecule has 1 unspecified atom stereocenters. The molecule has 1 heterocycles. The SMILES string of the molecule is COC(=O)C1Cc2cnc(OCC3(NC(=O)OC(C)(C)C)CC3)c(Br)c2C1. The van der Waals surface area contributed by atoms with Gasteiger partial charge in [0.2, 0.25) is 5.88 Å². The van der Waals surface area contributed by atoms with Crippen molar-refractivity contribution in [2.45, 2.75) is 57.6 Å². The summed E-state index contributed by atoms with van der Waals surface area (Å²) in [7, 11) is 1.40. The molecule has 1 aromatic rings. The van der Waals surface area contributed by atoms with Crippen molar-refractivity contribution in [2.24, 2.45) is 5.92 Å². The molecule has 3 rings (SSSR count). The normalized spacial score (nSPS) is 19.8. The quantitative estimate of drug-likeness (QED) is 0.707. The van der Waals surface area contributed by atoms with Crippen molar-refractivity contribution in [3.63, 3.8) is 0 Å². The molecule has 0 aromatic carbocycles. The lowest BCUT2D eigenvalue weighted by Gasteiger charge is -2.23. The number of methoxy groups -OCH3 is 1. The van der Waals surface area contributed by atoms with Gasteiger partial charge in [0.1, 0.15) is 12.2 Å². The van der Waals surface area contributed by atoms with Crippen molar-refractivity contribution in [1.82, 2.24) is 10.3 Å². The van der Waals surface area contributed by atoms with E-state index >= 15 is 0 Å². The fraction of sp³-hybridized carbons (Fsp3) is 0.632. The van der Waals surface area contributed by atoms with E-state index in [0.717, 1.165) is 28.4 Å². The maximum absolute atomic E-state index is 12.0. The molecular weight excluding hydrogens is 416 g/mol. The zero-order valence-corrected chi connectivity index (χ0v) is 17.6. The van der Waals surface area contributed by atoms with E-state index in [1.165, 1.54) is 7.11 Å². The monoisotopic (exact) mass is 440 g/mol. The van der Waals surface area contributed by atoms with Crippen molar-refractivity contribution in [1.29, 1.82) is 0 Å². The van der Waals surface area contributed by atoms with Gasteiger partial charge >= 0.3 is 12.1 Å². The number of nitrogens with one attached hydrogen (secondary N) is 1. The maximum Gasteiger partial charge on any atom is 0.408 e. The van der Waals surface area contributed by atoms with Gasteiger partial charge in [0.25, 0.3) is 0 Å². The highest BCUT2D eigenvalue weighted by Gasteiger charge is 2.46. The molecule has 0 spiro atoms. The van der Waals surface area contributed by atoms with E-state index in [-0.39, 0.29) is 11.9 Å². The van der Waals surface area contributed by atoms with E-state index in [1.54, 1.807) is 6.20 Å². The Hall–Kier alpha value is -1.83. The Balaban J connectivity index is 1.61. The van der Waals surface area contributed by atoms with Crippen LogP contribution in [0.25, 0.3) is 0 Å². The Morgan fingerprint density at radius 3 is 2.63 bits per heavy atom. The number of alkyl carbamates (subject to hydrolysis) is 1. The molecule has 27 heavy (non-hydrogen) atoms. The van der Waals surface area contributed by atoms with E-state index in [9.17, 15) is 9.59 Å². The average Bonchev–Trinajstić information content (AvgIpc) is 3.18. The van der Waals surface area contributed by atoms with Crippen molar-refractivity contribution >= 4 is 28.0 Å². The van der Waals surface area contributed by atoms with E-state index in [2.05, 4.69) is 26.2 Å². The summed E-state index contributed by atoms with van der Waals surface area (Å²) >= 11 is 3.56. The highest BCUT2D eigenvalue weighted by atomic mass is 79.9. The zero-order valence-electron chi connectivity index (χ0n) is 16.1. The molecule has 1 fully saturated rings. The fourth-order valence-electron chi connectivity index (χ4n) is 3.14. The van der Waals surface area contributed by atoms with Gasteiger partial charge in [-0.1, -0.05) is 0 Å². The Bertz CT molecular complexity index is 755. The Kier molecular flexibility index (Phi) is 5.38. The number of carbonyl (C=O) groups is 2. The van der Waals surface area contributed by atoms with Crippen molar-refractivity contribution < 1.29 is 23.8 Å². The van der Waals surface area contributed by atoms with Crippen LogP contribution in [0.2, 0.25) is 0 Å². The summed E-state index contributed by atoms with van der Waals surface area (Å²) in [4.78, 5) is 28.2. The number of hydrogen-bond acceptors (Lipinski definition) is 6. The van der Waals surface area contributed by atoms with Gasteiger partial charge in [0.05, 0.1) is 23.0 Å². The number of carbonyl (C=O) groups excluding carboxylic acids is 2. The molecule has 0 saturated heterocycles. The van der Waals surface area contributed by atoms with Gasteiger partial charge in [-0.2, -0.15) is 0 Å². The van der Waals surface area contributed by atoms with Gasteiger partial charge in [-0.05, 0) is 73.5 Å². The van der Waals surface area contributed by atoms with Crippen LogP contribution in [0.1, 0.15) is 44.7 Å². The second-order valence-electron chi connectivity index (χ2n) is 8.21. The van der Waals surface area contributed by atoms with E-state index in [0.29, 0.717) is 25.3 Å². The van der Waals surface area contributed by atoms with Crippen LogP contribution < -0.4 is 10.1 Å². The second-order valence-corrected chi connectivity index (χ2v) is 9.00. The van der Waals surface area contributed by atoms with Crippen molar-refractivity contribution in [3.8, 4) is 5.88 Å². The van der Waals surface area contributed by atoms with Crippen LogP contribution in [-0.2, 0) is 27.1 Å². The summed E-state index contributed by atoms with van der Waals surface area (Å²) in [5.41, 5.74) is 1.11. The first kappa shape index (κ1) is 19.9.